The van der Waals surface area contributed by atoms with E-state index in [2.05, 4.69) is 56.1 Å². The lowest BCUT2D eigenvalue weighted by Crippen LogP contribution is -2.66. The van der Waals surface area contributed by atoms with Gasteiger partial charge >= 0.3 is 8.56 Å². The maximum absolute atomic E-state index is 12.7. The number of aliphatic hydroxyl groups excluding tert-OH is 8. The molecule has 6 unspecified atom stereocenters. The quantitative estimate of drug-likeness (QED) is 0.0545. The van der Waals surface area contributed by atoms with Gasteiger partial charge in [0.2, 0.25) is 5.91 Å². The molecular weight excluding hydrogens is 741 g/mol. The van der Waals surface area contributed by atoms with Crippen molar-refractivity contribution in [2.75, 3.05) is 26.4 Å². The summed E-state index contributed by atoms with van der Waals surface area (Å²) in [5.74, 6) is -0.575. The van der Waals surface area contributed by atoms with Gasteiger partial charge in [0.25, 0.3) is 0 Å². The molecule has 0 aromatic carbocycles. The summed E-state index contributed by atoms with van der Waals surface area (Å²) < 4.78 is 36.9. The van der Waals surface area contributed by atoms with Crippen molar-refractivity contribution < 1.29 is 72.8 Å². The normalized spacial score (nSPS) is 31.1. The van der Waals surface area contributed by atoms with E-state index in [0.717, 1.165) is 17.4 Å². The number of carbonyl (C=O) groups is 1. The second-order valence-electron chi connectivity index (χ2n) is 15.5. The van der Waals surface area contributed by atoms with E-state index in [1.54, 1.807) is 0 Å². The first kappa shape index (κ1) is 45.1. The van der Waals surface area contributed by atoms with Crippen LogP contribution >= 0.6 is 0 Å². The van der Waals surface area contributed by atoms with Gasteiger partial charge in [-0.2, -0.15) is 0 Å². The van der Waals surface area contributed by atoms with E-state index < -0.39 is 112 Å². The van der Waals surface area contributed by atoms with Crippen LogP contribution in [0.15, 0.2) is 6.20 Å². The molecule has 2 fully saturated rings. The molecule has 8 N–H and O–H groups in total. The average Bonchev–Trinajstić information content (AvgIpc) is 3.46. The number of aliphatic hydroxyl groups is 8. The fourth-order valence-corrected chi connectivity index (χ4v) is 18.8. The molecule has 0 radical (unpaired) electrons. The molecule has 22 heteroatoms. The first-order valence-corrected chi connectivity index (χ1v) is 26.8. The first-order valence-electron chi connectivity index (χ1n) is 17.5. The summed E-state index contributed by atoms with van der Waals surface area (Å²) in [7, 11) is -6.02. The third-order valence-electron chi connectivity index (χ3n) is 8.28. The number of hydrogen-bond acceptors (Lipinski definition) is 17. The van der Waals surface area contributed by atoms with Crippen molar-refractivity contribution >= 4 is 31.1 Å². The van der Waals surface area contributed by atoms with E-state index in [4.69, 9.17) is 27.2 Å². The summed E-state index contributed by atoms with van der Waals surface area (Å²) in [6, 6.07) is 0.776. The Morgan fingerprint density at radius 3 is 2.08 bits per heavy atom. The van der Waals surface area contributed by atoms with Crippen LogP contribution in [0.3, 0.4) is 0 Å². The molecular formula is C30H60N4O15Si3. The maximum Gasteiger partial charge on any atom is 0.314 e. The van der Waals surface area contributed by atoms with Gasteiger partial charge in [0.15, 0.2) is 29.2 Å². The van der Waals surface area contributed by atoms with Crippen LogP contribution in [-0.4, -0.2) is 186 Å². The second-order valence-corrected chi connectivity index (χ2v) is 28.4. The Kier molecular flexibility index (Phi) is 16.5. The van der Waals surface area contributed by atoms with Crippen LogP contribution in [0, 0.1) is 0 Å². The predicted molar refractivity (Wildman–Crippen MR) is 189 cm³/mol. The van der Waals surface area contributed by atoms with Gasteiger partial charge in [-0.1, -0.05) is 5.21 Å². The zero-order valence-electron chi connectivity index (χ0n) is 31.3. The lowest BCUT2D eigenvalue weighted by atomic mass is 9.96. The Morgan fingerprint density at radius 2 is 1.52 bits per heavy atom. The van der Waals surface area contributed by atoms with Crippen molar-refractivity contribution in [2.45, 2.75) is 146 Å². The standard InChI is InChI=1S/C30H60N4O15Si3/c1-18(37)34(29-26(42)25(41)28(22(16-36)45-29)47-30-27(43)24(40)23(39)21(15-35)46-30)13-19-12-33(32-31-19)14-20(38)17-44-10-9-11-52(8,48-50(2,3)4)49-51(5,6)7/h12,20-30,35-36,38-43H,9-11,13-17H2,1-8H3/t20?,21?,22-,23+,24+,25?,26?,27?,28-,29+,30?/m1/s1. The fraction of sp³-hybridized carbons (Fsp3) is 0.900. The Labute approximate surface area is 307 Å². The van der Waals surface area contributed by atoms with Crippen molar-refractivity contribution in [2.24, 2.45) is 0 Å². The summed E-state index contributed by atoms with van der Waals surface area (Å²) in [6.45, 7) is 15.0. The fourth-order valence-electron chi connectivity index (χ4n) is 6.28. The topological polar surface area (TPSA) is 268 Å². The van der Waals surface area contributed by atoms with Crippen LogP contribution < -0.4 is 0 Å². The summed E-state index contributed by atoms with van der Waals surface area (Å²) >= 11 is 0. The molecule has 19 nitrogen and oxygen atoms in total. The molecule has 0 spiro atoms. The van der Waals surface area contributed by atoms with Gasteiger partial charge in [0.1, 0.15) is 54.5 Å². The number of hydrogen-bond donors (Lipinski definition) is 8. The lowest BCUT2D eigenvalue weighted by molar-refractivity contribution is -0.348. The number of aromatic nitrogens is 3. The SMILES string of the molecule is CC(=O)N(Cc1cn(CC(O)COCCC[Si](C)(O[Si](C)(C)C)O[Si](C)(C)C)nn1)[C@H]1O[C@H](CO)[C@@H](OC2OC(CO)[C@H](O)[C@H](O)C2O)C(O)C1O. The van der Waals surface area contributed by atoms with E-state index in [1.807, 2.05) is 0 Å². The van der Waals surface area contributed by atoms with Gasteiger partial charge < -0.3 is 72.9 Å². The minimum atomic E-state index is -2.39. The van der Waals surface area contributed by atoms with Crippen molar-refractivity contribution in [1.82, 2.24) is 19.9 Å². The van der Waals surface area contributed by atoms with Crippen LogP contribution in [0.2, 0.25) is 51.9 Å². The summed E-state index contributed by atoms with van der Waals surface area (Å²) in [5.41, 5.74) is 0.267. The highest BCUT2D eigenvalue weighted by molar-refractivity contribution is 6.87. The minimum Gasteiger partial charge on any atom is -0.437 e. The molecule has 0 aliphatic carbocycles. The van der Waals surface area contributed by atoms with Crippen molar-refractivity contribution in [3.63, 3.8) is 0 Å². The first-order chi connectivity index (χ1) is 24.1. The van der Waals surface area contributed by atoms with Crippen LogP contribution in [0.25, 0.3) is 0 Å². The Bertz CT molecular complexity index is 1240. The number of amides is 1. The van der Waals surface area contributed by atoms with Gasteiger partial charge in [-0.3, -0.25) is 4.79 Å². The molecule has 0 bridgehead atoms. The monoisotopic (exact) mass is 800 g/mol. The molecule has 1 aromatic heterocycles. The van der Waals surface area contributed by atoms with Gasteiger partial charge in [-0.05, 0) is 58.3 Å². The van der Waals surface area contributed by atoms with Gasteiger partial charge in [0.05, 0.1) is 45.2 Å². The summed E-state index contributed by atoms with van der Waals surface area (Å²) in [4.78, 5) is 13.8. The van der Waals surface area contributed by atoms with E-state index in [0.29, 0.717) is 6.61 Å². The van der Waals surface area contributed by atoms with Crippen LogP contribution in [0.1, 0.15) is 19.0 Å². The predicted octanol–water partition coefficient (Wildman–Crippen LogP) is -2.21. The number of rotatable bonds is 19. The Morgan fingerprint density at radius 1 is 0.904 bits per heavy atom. The smallest absolute Gasteiger partial charge is 0.314 e. The molecule has 1 amide bonds. The van der Waals surface area contributed by atoms with E-state index in [1.165, 1.54) is 17.8 Å². The van der Waals surface area contributed by atoms with Gasteiger partial charge in [-0.15, -0.1) is 5.10 Å². The third kappa shape index (κ3) is 12.9. The van der Waals surface area contributed by atoms with Gasteiger partial charge in [0, 0.05) is 13.5 Å². The molecule has 52 heavy (non-hydrogen) atoms. The highest BCUT2D eigenvalue weighted by Gasteiger charge is 2.52. The highest BCUT2D eigenvalue weighted by atomic mass is 28.5. The van der Waals surface area contributed by atoms with Crippen molar-refractivity contribution in [1.29, 1.82) is 0 Å². The van der Waals surface area contributed by atoms with Gasteiger partial charge in [-0.25, -0.2) is 4.68 Å². The van der Waals surface area contributed by atoms with Crippen molar-refractivity contribution in [3.05, 3.63) is 11.9 Å². The van der Waals surface area contributed by atoms with Crippen molar-refractivity contribution in [3.8, 4) is 0 Å². The molecule has 3 heterocycles. The van der Waals surface area contributed by atoms with E-state index >= 15 is 0 Å². The minimum absolute atomic E-state index is 0.0435. The average molecular weight is 801 g/mol. The van der Waals surface area contributed by atoms with Crippen LogP contribution in [-0.2, 0) is 45.1 Å². The second kappa shape index (κ2) is 19.0. The molecule has 2 aliphatic rings. The van der Waals surface area contributed by atoms with E-state index in [-0.39, 0.29) is 25.4 Å². The molecule has 1 aromatic rings. The third-order valence-corrected chi connectivity index (χ3v) is 17.9. The number of nitrogens with zero attached hydrogens (tertiary/aromatic N) is 4. The summed E-state index contributed by atoms with van der Waals surface area (Å²) in [5, 5.41) is 90.8. The van der Waals surface area contributed by atoms with E-state index in [9.17, 15) is 45.6 Å². The lowest BCUT2D eigenvalue weighted by Gasteiger charge is -2.48. The molecule has 2 aliphatic heterocycles. The maximum atomic E-state index is 12.7. The van der Waals surface area contributed by atoms with Crippen LogP contribution in [0.5, 0.6) is 0 Å². The number of ether oxygens (including phenoxy) is 4. The zero-order chi connectivity index (χ0) is 39.2. The number of carbonyl (C=O) groups excluding carboxylic acids is 1. The van der Waals surface area contributed by atoms with Crippen LogP contribution in [0.4, 0.5) is 0 Å². The highest BCUT2D eigenvalue weighted by Crippen LogP contribution is 2.31. The molecule has 3 rings (SSSR count). The molecule has 11 atom stereocenters. The molecule has 2 saturated heterocycles. The molecule has 302 valence electrons. The largest absolute Gasteiger partial charge is 0.437 e. The zero-order valence-corrected chi connectivity index (χ0v) is 34.3. The Balaban J connectivity index is 1.55. The summed E-state index contributed by atoms with van der Waals surface area (Å²) in [6.07, 6.45) is -14.9. The Hall–Kier alpha value is -1.30. The molecule has 0 saturated carbocycles.